The zero-order valence-electron chi connectivity index (χ0n) is 20.2. The molecule has 1 saturated heterocycles. The summed E-state index contributed by atoms with van der Waals surface area (Å²) in [5, 5.41) is 16.2. The lowest BCUT2D eigenvalue weighted by atomic mass is 9.86. The third-order valence-corrected chi connectivity index (χ3v) is 7.26. The summed E-state index contributed by atoms with van der Waals surface area (Å²) in [5.74, 6) is -0.878. The highest BCUT2D eigenvalue weighted by Gasteiger charge is 2.33. The number of hydrogen-bond acceptors (Lipinski definition) is 5. The van der Waals surface area contributed by atoms with Crippen LogP contribution in [0.1, 0.15) is 45.7 Å². The van der Waals surface area contributed by atoms with Gasteiger partial charge in [0.05, 0.1) is 17.2 Å². The number of nitrogens with zero attached hydrogens (tertiary/aromatic N) is 2. The van der Waals surface area contributed by atoms with Gasteiger partial charge in [-0.25, -0.2) is 4.39 Å². The number of likely N-dealkylation sites (N-methyl/N-ethyl adjacent to an activating group) is 1. The molecule has 0 bridgehead atoms. The fourth-order valence-corrected chi connectivity index (χ4v) is 5.44. The molecule has 9 heteroatoms. The van der Waals surface area contributed by atoms with Crippen molar-refractivity contribution in [3.63, 3.8) is 0 Å². The fourth-order valence-electron chi connectivity index (χ4n) is 5.44. The topological polar surface area (TPSA) is 101 Å². The minimum absolute atomic E-state index is 0.174. The van der Waals surface area contributed by atoms with Crippen molar-refractivity contribution >= 4 is 28.6 Å². The number of aliphatic hydroxyl groups is 1. The number of aromatic amines is 1. The minimum atomic E-state index is -0.649. The van der Waals surface area contributed by atoms with Crippen LogP contribution in [-0.2, 0) is 11.2 Å². The monoisotopic (exact) mass is 481 g/mol. The minimum Gasteiger partial charge on any atom is -0.390 e. The van der Waals surface area contributed by atoms with Crippen molar-refractivity contribution in [2.45, 2.75) is 32.3 Å². The number of H-pyrrole nitrogens is 1. The van der Waals surface area contributed by atoms with Gasteiger partial charge in [0.15, 0.2) is 0 Å². The zero-order valence-corrected chi connectivity index (χ0v) is 20.2. The third-order valence-electron chi connectivity index (χ3n) is 7.26. The maximum Gasteiger partial charge on any atom is 0.256 e. The summed E-state index contributed by atoms with van der Waals surface area (Å²) in [5.41, 5.74) is 5.38. The van der Waals surface area contributed by atoms with Gasteiger partial charge in [0, 0.05) is 61.9 Å². The first-order valence-electron chi connectivity index (χ1n) is 12.2. The predicted molar refractivity (Wildman–Crippen MR) is 133 cm³/mol. The Hall–Kier alpha value is -3.01. The number of aryl methyl sites for hydroxylation is 1. The zero-order chi connectivity index (χ0) is 24.7. The van der Waals surface area contributed by atoms with Gasteiger partial charge in [-0.05, 0) is 62.6 Å². The van der Waals surface area contributed by atoms with Gasteiger partial charge in [0.1, 0.15) is 5.82 Å². The summed E-state index contributed by atoms with van der Waals surface area (Å²) < 4.78 is 14.0. The van der Waals surface area contributed by atoms with E-state index in [0.29, 0.717) is 41.8 Å². The van der Waals surface area contributed by atoms with Crippen LogP contribution in [0.4, 0.5) is 10.1 Å². The molecule has 2 aliphatic heterocycles. The molecule has 1 atom stereocenters. The number of nitrogens with one attached hydrogen (secondary N) is 3. The van der Waals surface area contributed by atoms with Crippen LogP contribution in [0.2, 0.25) is 0 Å². The highest BCUT2D eigenvalue weighted by atomic mass is 19.1. The molecule has 2 amide bonds. The summed E-state index contributed by atoms with van der Waals surface area (Å²) in [6.07, 6.45) is 1.51. The number of fused-ring (bicyclic) bond motifs is 2. The second-order valence-corrected chi connectivity index (χ2v) is 9.80. The number of halogens is 1. The van der Waals surface area contributed by atoms with Gasteiger partial charge in [0.2, 0.25) is 0 Å². The molecular weight excluding hydrogens is 449 g/mol. The molecule has 0 radical (unpaired) electrons. The standard InChI is InChI=1S/C26H32FN5O3/c1-15-22(25(34)28-13-17(33)14-32-10-8-31(2)9-11-32)18-4-3-5-19(24(18)29-15)23-20-12-16(27)6-7-21(20)30-26(23)35/h6-7,12,17,29,33H,3-5,8-11,13-14H2,1-2H3,(H,28,34)(H,30,35). The quantitative estimate of drug-likeness (QED) is 0.490. The van der Waals surface area contributed by atoms with Gasteiger partial charge in [0.25, 0.3) is 11.8 Å². The van der Waals surface area contributed by atoms with Crippen molar-refractivity contribution in [1.82, 2.24) is 20.1 Å². The Morgan fingerprint density at radius 1 is 1.23 bits per heavy atom. The molecule has 3 heterocycles. The van der Waals surface area contributed by atoms with Gasteiger partial charge in [-0.2, -0.15) is 0 Å². The Kier molecular flexibility index (Phi) is 6.48. The van der Waals surface area contributed by atoms with E-state index >= 15 is 0 Å². The molecule has 35 heavy (non-hydrogen) atoms. The lowest BCUT2D eigenvalue weighted by molar-refractivity contribution is -0.110. The molecule has 1 unspecified atom stereocenters. The number of amides is 2. The van der Waals surface area contributed by atoms with E-state index in [9.17, 15) is 19.1 Å². The van der Waals surface area contributed by atoms with Crippen molar-refractivity contribution < 1.29 is 19.1 Å². The second kappa shape index (κ2) is 9.56. The number of rotatable bonds is 5. The molecule has 5 rings (SSSR count). The number of allylic oxidation sites excluding steroid dienone is 1. The summed E-state index contributed by atoms with van der Waals surface area (Å²) >= 11 is 0. The van der Waals surface area contributed by atoms with Crippen molar-refractivity contribution in [3.8, 4) is 0 Å². The van der Waals surface area contributed by atoms with E-state index in [1.807, 2.05) is 6.92 Å². The van der Waals surface area contributed by atoms with Crippen LogP contribution in [0.5, 0.6) is 0 Å². The van der Waals surface area contributed by atoms with Crippen LogP contribution in [0.25, 0.3) is 11.1 Å². The first-order valence-corrected chi connectivity index (χ1v) is 12.2. The van der Waals surface area contributed by atoms with Crippen LogP contribution >= 0.6 is 0 Å². The van der Waals surface area contributed by atoms with Gasteiger partial charge in [-0.1, -0.05) is 0 Å². The van der Waals surface area contributed by atoms with Crippen molar-refractivity contribution in [2.75, 3.05) is 51.6 Å². The van der Waals surface area contributed by atoms with E-state index in [0.717, 1.165) is 55.1 Å². The third kappa shape index (κ3) is 4.63. The smallest absolute Gasteiger partial charge is 0.256 e. The number of β-amino-alcohol motifs (C(OH)–C–C–N with tert-alkyl or cyclic N) is 1. The average Bonchev–Trinajstić information content (AvgIpc) is 3.34. The molecule has 2 aromatic rings. The van der Waals surface area contributed by atoms with Gasteiger partial charge >= 0.3 is 0 Å². The second-order valence-electron chi connectivity index (χ2n) is 9.80. The Bertz CT molecular complexity index is 1200. The SMILES string of the molecule is Cc1[nH]c2c(c1C(=O)NCC(O)CN1CCN(C)CC1)CCCC2=C1C(=O)Nc2ccc(F)cc21. The van der Waals surface area contributed by atoms with E-state index in [4.69, 9.17) is 0 Å². The molecule has 1 fully saturated rings. The lowest BCUT2D eigenvalue weighted by Crippen LogP contribution is -2.48. The molecule has 8 nitrogen and oxygen atoms in total. The number of anilines is 1. The Morgan fingerprint density at radius 2 is 2.00 bits per heavy atom. The molecular formula is C26H32FN5O3. The van der Waals surface area contributed by atoms with E-state index < -0.39 is 11.9 Å². The van der Waals surface area contributed by atoms with E-state index in [2.05, 4.69) is 32.5 Å². The number of carbonyl (C=O) groups excluding carboxylic acids is 2. The molecule has 1 aliphatic carbocycles. The highest BCUT2D eigenvalue weighted by Crippen LogP contribution is 2.43. The van der Waals surface area contributed by atoms with Crippen LogP contribution in [0.3, 0.4) is 0 Å². The lowest BCUT2D eigenvalue weighted by Gasteiger charge is -2.33. The largest absolute Gasteiger partial charge is 0.390 e. The Balaban J connectivity index is 1.35. The van der Waals surface area contributed by atoms with Crippen LogP contribution in [0.15, 0.2) is 18.2 Å². The molecule has 1 aromatic heterocycles. The summed E-state index contributed by atoms with van der Waals surface area (Å²) in [6, 6.07) is 4.29. The highest BCUT2D eigenvalue weighted by molar-refractivity contribution is 6.36. The summed E-state index contributed by atoms with van der Waals surface area (Å²) in [6.45, 7) is 6.31. The Labute approximate surface area is 204 Å². The fraction of sp³-hybridized carbons (Fsp3) is 0.462. The summed E-state index contributed by atoms with van der Waals surface area (Å²) in [4.78, 5) is 33.8. The first kappa shape index (κ1) is 23.7. The predicted octanol–water partition coefficient (Wildman–Crippen LogP) is 2.00. The molecule has 3 aliphatic rings. The molecule has 1 aromatic carbocycles. The van der Waals surface area contributed by atoms with Crippen molar-refractivity contribution in [3.05, 3.63) is 52.1 Å². The van der Waals surface area contributed by atoms with Gasteiger partial charge in [-0.3, -0.25) is 14.5 Å². The molecule has 0 saturated carbocycles. The number of benzene rings is 1. The van der Waals surface area contributed by atoms with Crippen LogP contribution in [-0.4, -0.2) is 84.1 Å². The first-order chi connectivity index (χ1) is 16.8. The van der Waals surface area contributed by atoms with Crippen LogP contribution < -0.4 is 10.6 Å². The Morgan fingerprint density at radius 3 is 2.77 bits per heavy atom. The number of aliphatic hydroxyl groups excluding tert-OH is 1. The van der Waals surface area contributed by atoms with Crippen LogP contribution in [0, 0.1) is 12.7 Å². The average molecular weight is 482 g/mol. The molecule has 186 valence electrons. The van der Waals surface area contributed by atoms with Crippen molar-refractivity contribution in [1.29, 1.82) is 0 Å². The van der Waals surface area contributed by atoms with Crippen molar-refractivity contribution in [2.24, 2.45) is 0 Å². The number of aromatic nitrogens is 1. The normalized spacial score (nSPS) is 21.4. The number of carbonyl (C=O) groups is 2. The molecule has 0 spiro atoms. The summed E-state index contributed by atoms with van der Waals surface area (Å²) in [7, 11) is 2.09. The number of piperazine rings is 1. The molecule has 4 N–H and O–H groups in total. The van der Waals surface area contributed by atoms with E-state index in [1.165, 1.54) is 12.1 Å². The van der Waals surface area contributed by atoms with E-state index in [-0.39, 0.29) is 18.4 Å². The van der Waals surface area contributed by atoms with E-state index in [1.54, 1.807) is 6.07 Å². The maximum atomic E-state index is 14.0. The maximum absolute atomic E-state index is 14.0. The van der Waals surface area contributed by atoms with Gasteiger partial charge < -0.3 is 25.6 Å². The van der Waals surface area contributed by atoms with Gasteiger partial charge in [-0.15, -0.1) is 0 Å². The number of hydrogen-bond donors (Lipinski definition) is 4.